The van der Waals surface area contributed by atoms with Gasteiger partial charge in [-0.15, -0.1) is 0 Å². The highest BCUT2D eigenvalue weighted by atomic mass is 31.2. The zero-order valence-electron chi connectivity index (χ0n) is 34.4. The molecule has 3 atom stereocenters. The first-order valence-electron chi connectivity index (χ1n) is 20.8. The van der Waals surface area contributed by atoms with E-state index in [2.05, 4.69) is 67.8 Å². The number of hydrogen-bond donors (Lipinski definition) is 2. The Bertz CT molecular complexity index is 1090. The van der Waals surface area contributed by atoms with E-state index in [0.717, 1.165) is 44.9 Å². The van der Waals surface area contributed by atoms with Crippen LogP contribution in [0.4, 0.5) is 0 Å². The molecule has 0 spiro atoms. The van der Waals surface area contributed by atoms with Crippen molar-refractivity contribution in [2.45, 2.75) is 161 Å². The Morgan fingerprint density at radius 3 is 1.74 bits per heavy atom. The summed E-state index contributed by atoms with van der Waals surface area (Å²) in [6.07, 6.45) is 46.9. The minimum absolute atomic E-state index is 0.0224. The predicted octanol–water partition coefficient (Wildman–Crippen LogP) is 10.6. The summed E-state index contributed by atoms with van der Waals surface area (Å²) in [5.41, 5.74) is 0. The van der Waals surface area contributed by atoms with Gasteiger partial charge in [-0.25, -0.2) is 0 Å². The third-order valence-corrected chi connectivity index (χ3v) is 9.63. The first kappa shape index (κ1) is 50.9. The molecule has 53 heavy (non-hydrogen) atoms. The first-order valence-corrected chi connectivity index (χ1v) is 22.3. The lowest BCUT2D eigenvalue weighted by molar-refractivity contribution is -0.870. The summed E-state index contributed by atoms with van der Waals surface area (Å²) in [5, 5.41) is 13.7. The third kappa shape index (κ3) is 38.0. The molecular weight excluding hydrogens is 683 g/mol. The number of phosphoric acid groups is 1. The van der Waals surface area contributed by atoms with Gasteiger partial charge in [0.25, 0.3) is 7.82 Å². The Morgan fingerprint density at radius 1 is 0.679 bits per heavy atom. The van der Waals surface area contributed by atoms with Crippen LogP contribution < -0.4 is 10.2 Å². The number of phosphoric ester groups is 1. The lowest BCUT2D eigenvalue weighted by Gasteiger charge is -2.29. The molecule has 0 aromatic carbocycles. The van der Waals surface area contributed by atoms with Crippen LogP contribution in [0.1, 0.15) is 149 Å². The van der Waals surface area contributed by atoms with Crippen LogP contribution >= 0.6 is 7.82 Å². The average molecular weight is 763 g/mol. The van der Waals surface area contributed by atoms with E-state index >= 15 is 0 Å². The average Bonchev–Trinajstić information content (AvgIpc) is 3.10. The van der Waals surface area contributed by atoms with E-state index in [9.17, 15) is 19.4 Å². The predicted molar refractivity (Wildman–Crippen MR) is 223 cm³/mol. The van der Waals surface area contributed by atoms with E-state index in [1.54, 1.807) is 6.08 Å². The SMILES string of the molecule is CC/C=C\C/C=C\C/C=C\C/C=C\CCC(=O)NC(COP(=O)([O-])OCC[N+](C)(C)C)C(O)/C=C/CC/C=C/CCCCCCCCCCCCCC. The zero-order valence-corrected chi connectivity index (χ0v) is 35.3. The second kappa shape index (κ2) is 35.6. The van der Waals surface area contributed by atoms with E-state index < -0.39 is 26.6 Å². The van der Waals surface area contributed by atoms with Crippen LogP contribution in [0.3, 0.4) is 0 Å². The molecule has 0 aliphatic heterocycles. The summed E-state index contributed by atoms with van der Waals surface area (Å²) in [5.74, 6) is -0.291. The molecular formula is C44H79N2O6P. The fourth-order valence-electron chi connectivity index (χ4n) is 5.35. The smallest absolute Gasteiger partial charge is 0.268 e. The summed E-state index contributed by atoms with van der Waals surface area (Å²) >= 11 is 0. The molecule has 0 aliphatic rings. The van der Waals surface area contributed by atoms with Crippen molar-refractivity contribution in [3.63, 3.8) is 0 Å². The third-order valence-electron chi connectivity index (χ3n) is 8.66. The van der Waals surface area contributed by atoms with E-state index in [-0.39, 0.29) is 18.9 Å². The number of aliphatic hydroxyl groups excluding tert-OH is 1. The molecule has 0 saturated carbocycles. The molecule has 0 fully saturated rings. The van der Waals surface area contributed by atoms with Crippen LogP contribution in [0.5, 0.6) is 0 Å². The first-order chi connectivity index (χ1) is 25.5. The van der Waals surface area contributed by atoms with Crippen molar-refractivity contribution in [3.8, 4) is 0 Å². The number of carbonyl (C=O) groups excluding carboxylic acids is 1. The summed E-state index contributed by atoms with van der Waals surface area (Å²) in [6.45, 7) is 4.42. The molecule has 0 rings (SSSR count). The summed E-state index contributed by atoms with van der Waals surface area (Å²) < 4.78 is 23.1. The maximum absolute atomic E-state index is 12.8. The second-order valence-corrected chi connectivity index (χ2v) is 16.4. The fourth-order valence-corrected chi connectivity index (χ4v) is 6.08. The van der Waals surface area contributed by atoms with Gasteiger partial charge >= 0.3 is 0 Å². The maximum atomic E-state index is 12.8. The lowest BCUT2D eigenvalue weighted by Crippen LogP contribution is -2.45. The molecule has 0 aliphatic carbocycles. The number of nitrogens with one attached hydrogen (secondary N) is 1. The molecule has 0 aromatic heterocycles. The largest absolute Gasteiger partial charge is 0.756 e. The van der Waals surface area contributed by atoms with Gasteiger partial charge < -0.3 is 28.8 Å². The summed E-state index contributed by atoms with van der Waals surface area (Å²) in [7, 11) is 1.19. The van der Waals surface area contributed by atoms with Gasteiger partial charge in [-0.05, 0) is 57.8 Å². The Balaban J connectivity index is 4.63. The topological polar surface area (TPSA) is 108 Å². The monoisotopic (exact) mass is 763 g/mol. The second-order valence-electron chi connectivity index (χ2n) is 14.9. The van der Waals surface area contributed by atoms with Crippen molar-refractivity contribution < 1.29 is 32.9 Å². The van der Waals surface area contributed by atoms with Crippen molar-refractivity contribution in [2.75, 3.05) is 40.9 Å². The van der Waals surface area contributed by atoms with E-state index in [4.69, 9.17) is 9.05 Å². The van der Waals surface area contributed by atoms with Crippen LogP contribution in [0, 0.1) is 0 Å². The number of carbonyl (C=O) groups is 1. The Labute approximate surface area is 325 Å². The fraction of sp³-hybridized carbons (Fsp3) is 0.705. The molecule has 0 saturated heterocycles. The number of likely N-dealkylation sites (N-methyl/N-ethyl adjacent to an activating group) is 1. The van der Waals surface area contributed by atoms with Gasteiger partial charge in [0.1, 0.15) is 13.2 Å². The molecule has 306 valence electrons. The molecule has 0 aromatic rings. The van der Waals surface area contributed by atoms with Crippen molar-refractivity contribution >= 4 is 13.7 Å². The summed E-state index contributed by atoms with van der Waals surface area (Å²) in [4.78, 5) is 25.2. The normalized spacial score (nSPS) is 15.2. The van der Waals surface area contributed by atoms with Crippen LogP contribution in [0.25, 0.3) is 0 Å². The van der Waals surface area contributed by atoms with Crippen molar-refractivity contribution in [1.82, 2.24) is 5.32 Å². The number of rotatable bonds is 36. The van der Waals surface area contributed by atoms with E-state index in [1.807, 2.05) is 39.4 Å². The number of quaternary nitrogens is 1. The molecule has 2 N–H and O–H groups in total. The Kier molecular flexibility index (Phi) is 34.2. The van der Waals surface area contributed by atoms with Gasteiger partial charge in [0.2, 0.25) is 5.91 Å². The molecule has 0 radical (unpaired) electrons. The number of aliphatic hydroxyl groups is 1. The highest BCUT2D eigenvalue weighted by Gasteiger charge is 2.23. The van der Waals surface area contributed by atoms with Crippen LogP contribution in [-0.2, 0) is 18.4 Å². The van der Waals surface area contributed by atoms with Gasteiger partial charge in [-0.2, -0.15) is 0 Å². The van der Waals surface area contributed by atoms with Gasteiger partial charge in [0, 0.05) is 6.42 Å². The van der Waals surface area contributed by atoms with Gasteiger partial charge in [0.05, 0.1) is 39.9 Å². The maximum Gasteiger partial charge on any atom is 0.268 e. The number of nitrogens with zero attached hydrogens (tertiary/aromatic N) is 1. The number of hydrogen-bond acceptors (Lipinski definition) is 6. The molecule has 3 unspecified atom stereocenters. The van der Waals surface area contributed by atoms with Crippen molar-refractivity contribution in [1.29, 1.82) is 0 Å². The van der Waals surface area contributed by atoms with Crippen molar-refractivity contribution in [3.05, 3.63) is 72.9 Å². The Morgan fingerprint density at radius 2 is 1.17 bits per heavy atom. The van der Waals surface area contributed by atoms with Gasteiger partial charge in [0.15, 0.2) is 0 Å². The van der Waals surface area contributed by atoms with E-state index in [1.165, 1.54) is 77.0 Å². The number of allylic oxidation sites excluding steroid dienone is 11. The molecule has 0 bridgehead atoms. The van der Waals surface area contributed by atoms with Gasteiger partial charge in [-0.3, -0.25) is 9.36 Å². The van der Waals surface area contributed by atoms with E-state index in [0.29, 0.717) is 17.4 Å². The number of amides is 1. The molecule has 0 heterocycles. The quantitative estimate of drug-likeness (QED) is 0.0285. The van der Waals surface area contributed by atoms with Crippen LogP contribution in [0.2, 0.25) is 0 Å². The minimum atomic E-state index is -4.61. The standard InChI is InChI=1S/C44H79N2O6P/c1-6-8-10-12-14-16-18-20-21-22-23-24-26-27-29-31-33-35-37-43(47)42(41-52-53(49,50)51-40-39-46(3,4)5)45-44(48)38-36-34-32-30-28-25-19-17-15-13-11-9-7-2/h9,11,15,17,25,27-29,32,34-35,37,42-43,47H,6-8,10,12-14,16,18-24,26,30-31,33,36,38-41H2,1-5H3,(H-,45,48,49,50)/b11-9-,17-15-,28-25-,29-27+,34-32-,37-35+. The highest BCUT2D eigenvalue weighted by Crippen LogP contribution is 2.38. The molecule has 9 heteroatoms. The summed E-state index contributed by atoms with van der Waals surface area (Å²) in [6, 6.07) is -0.943. The molecule has 8 nitrogen and oxygen atoms in total. The van der Waals surface area contributed by atoms with Gasteiger partial charge in [-0.1, -0.05) is 157 Å². The highest BCUT2D eigenvalue weighted by molar-refractivity contribution is 7.45. The minimum Gasteiger partial charge on any atom is -0.756 e. The lowest BCUT2D eigenvalue weighted by atomic mass is 10.0. The van der Waals surface area contributed by atoms with Crippen LogP contribution in [-0.4, -0.2) is 68.5 Å². The van der Waals surface area contributed by atoms with Crippen LogP contribution in [0.15, 0.2) is 72.9 Å². The van der Waals surface area contributed by atoms with Crippen molar-refractivity contribution in [2.24, 2.45) is 0 Å². The zero-order chi connectivity index (χ0) is 39.3. The molecule has 1 amide bonds. The number of unbranched alkanes of at least 4 members (excludes halogenated alkanes) is 13. The Hall–Kier alpha value is -2.06.